The summed E-state index contributed by atoms with van der Waals surface area (Å²) in [5.41, 5.74) is 0.749. The number of aromatic amines is 1. The molecule has 1 atom stereocenters. The van der Waals surface area contributed by atoms with Gasteiger partial charge in [-0.15, -0.1) is 0 Å². The van der Waals surface area contributed by atoms with Gasteiger partial charge >= 0.3 is 0 Å². The van der Waals surface area contributed by atoms with Crippen molar-refractivity contribution in [3.63, 3.8) is 0 Å². The second-order valence-electron chi connectivity index (χ2n) is 4.74. The number of carbonyl (C=O) groups excluding carboxylic acids is 2. The van der Waals surface area contributed by atoms with Crippen LogP contribution in [-0.4, -0.2) is 40.3 Å². The Morgan fingerprint density at radius 2 is 2.15 bits per heavy atom. The van der Waals surface area contributed by atoms with E-state index in [4.69, 9.17) is 4.55 Å². The minimum atomic E-state index is -4.05. The number of hydrogen-bond donors (Lipinski definition) is 2. The van der Waals surface area contributed by atoms with Gasteiger partial charge in [0.2, 0.25) is 0 Å². The third kappa shape index (κ3) is 6.58. The quantitative estimate of drug-likeness (QED) is 0.651. The molecule has 0 aliphatic carbocycles. The van der Waals surface area contributed by atoms with E-state index in [2.05, 4.69) is 9.97 Å². The van der Waals surface area contributed by atoms with Crippen molar-refractivity contribution in [3.8, 4) is 0 Å². The Labute approximate surface area is 117 Å². The number of aromatic nitrogens is 2. The molecule has 112 valence electrons. The monoisotopic (exact) mass is 302 g/mol. The van der Waals surface area contributed by atoms with Crippen LogP contribution < -0.4 is 0 Å². The van der Waals surface area contributed by atoms with Gasteiger partial charge in [0.25, 0.3) is 10.1 Å². The zero-order chi connectivity index (χ0) is 15.2. The fourth-order valence-electron chi connectivity index (χ4n) is 1.94. The highest BCUT2D eigenvalue weighted by Gasteiger charge is 2.21. The van der Waals surface area contributed by atoms with Crippen molar-refractivity contribution < 1.29 is 22.6 Å². The lowest BCUT2D eigenvalue weighted by atomic mass is 9.91. The Bertz CT molecular complexity index is 550. The summed E-state index contributed by atoms with van der Waals surface area (Å²) in [6.07, 6.45) is 3.62. The standard InChI is InChI=1S/C12H18N2O5S/c1-9(15)5-10(6-11-7-13-8-14-11)12(16)3-2-4-20(17,18)19/h7-8,10H,2-6H2,1H3,(H,13,14)(H,17,18,19). The van der Waals surface area contributed by atoms with Crippen molar-refractivity contribution in [3.05, 3.63) is 18.2 Å². The van der Waals surface area contributed by atoms with E-state index in [-0.39, 0.29) is 30.8 Å². The average Bonchev–Trinajstić information content (AvgIpc) is 2.78. The molecule has 1 heterocycles. The summed E-state index contributed by atoms with van der Waals surface area (Å²) < 4.78 is 29.8. The number of carbonyl (C=O) groups is 2. The van der Waals surface area contributed by atoms with Crippen molar-refractivity contribution in [2.45, 2.75) is 32.6 Å². The molecule has 0 aliphatic rings. The van der Waals surface area contributed by atoms with Gasteiger partial charge in [-0.05, 0) is 19.8 Å². The fourth-order valence-corrected chi connectivity index (χ4v) is 2.45. The summed E-state index contributed by atoms with van der Waals surface area (Å²) in [5, 5.41) is 0. The first-order valence-electron chi connectivity index (χ1n) is 6.22. The lowest BCUT2D eigenvalue weighted by molar-refractivity contribution is -0.127. The SMILES string of the molecule is CC(=O)CC(Cc1cnc[nH]1)C(=O)CCCS(=O)(=O)O. The summed E-state index contributed by atoms with van der Waals surface area (Å²) >= 11 is 0. The summed E-state index contributed by atoms with van der Waals surface area (Å²) in [6, 6.07) is 0. The summed E-state index contributed by atoms with van der Waals surface area (Å²) in [5.74, 6) is -1.22. The van der Waals surface area contributed by atoms with Gasteiger partial charge in [0.05, 0.1) is 12.1 Å². The van der Waals surface area contributed by atoms with Crippen LogP contribution in [0.1, 0.15) is 31.9 Å². The minimum Gasteiger partial charge on any atom is -0.348 e. The fraction of sp³-hybridized carbons (Fsp3) is 0.583. The molecule has 0 spiro atoms. The number of H-pyrrole nitrogens is 1. The van der Waals surface area contributed by atoms with Gasteiger partial charge in [-0.3, -0.25) is 9.35 Å². The van der Waals surface area contributed by atoms with Crippen molar-refractivity contribution in [1.29, 1.82) is 0 Å². The molecule has 1 rings (SSSR count). The van der Waals surface area contributed by atoms with Crippen molar-refractivity contribution in [2.24, 2.45) is 5.92 Å². The van der Waals surface area contributed by atoms with Crippen LogP contribution in [0.15, 0.2) is 12.5 Å². The van der Waals surface area contributed by atoms with Crippen LogP contribution in [-0.2, 0) is 26.1 Å². The molecular weight excluding hydrogens is 284 g/mol. The van der Waals surface area contributed by atoms with E-state index in [9.17, 15) is 18.0 Å². The number of nitrogens with zero attached hydrogens (tertiary/aromatic N) is 1. The van der Waals surface area contributed by atoms with Gasteiger partial charge in [0.1, 0.15) is 11.6 Å². The predicted octanol–water partition coefficient (Wildman–Crippen LogP) is 0.785. The Balaban J connectivity index is 2.58. The van der Waals surface area contributed by atoms with Crippen LogP contribution in [0.5, 0.6) is 0 Å². The second-order valence-corrected chi connectivity index (χ2v) is 6.31. The normalized spacial score (nSPS) is 13.1. The van der Waals surface area contributed by atoms with Crippen LogP contribution in [0.2, 0.25) is 0 Å². The topological polar surface area (TPSA) is 117 Å². The van der Waals surface area contributed by atoms with E-state index in [1.54, 1.807) is 6.20 Å². The van der Waals surface area contributed by atoms with E-state index in [0.717, 1.165) is 5.69 Å². The molecule has 7 nitrogen and oxygen atoms in total. The van der Waals surface area contributed by atoms with Crippen molar-refractivity contribution >= 4 is 21.7 Å². The Morgan fingerprint density at radius 1 is 1.45 bits per heavy atom. The first kappa shape index (κ1) is 16.5. The summed E-state index contributed by atoms with van der Waals surface area (Å²) in [4.78, 5) is 29.9. The number of ketones is 2. The smallest absolute Gasteiger partial charge is 0.264 e. The predicted molar refractivity (Wildman–Crippen MR) is 71.7 cm³/mol. The third-order valence-electron chi connectivity index (χ3n) is 2.84. The molecule has 1 aromatic heterocycles. The molecule has 0 bridgehead atoms. The average molecular weight is 302 g/mol. The lowest BCUT2D eigenvalue weighted by Gasteiger charge is -2.13. The second kappa shape index (κ2) is 7.30. The third-order valence-corrected chi connectivity index (χ3v) is 3.64. The Kier molecular flexibility index (Phi) is 6.03. The van der Waals surface area contributed by atoms with E-state index in [1.165, 1.54) is 13.3 Å². The Morgan fingerprint density at radius 3 is 2.65 bits per heavy atom. The molecular formula is C12H18N2O5S. The van der Waals surface area contributed by atoms with E-state index in [0.29, 0.717) is 6.42 Å². The maximum Gasteiger partial charge on any atom is 0.264 e. The van der Waals surface area contributed by atoms with Gasteiger partial charge in [0.15, 0.2) is 0 Å². The zero-order valence-corrected chi connectivity index (χ0v) is 12.0. The minimum absolute atomic E-state index is 0.0197. The Hall–Kier alpha value is -1.54. The van der Waals surface area contributed by atoms with Crippen LogP contribution in [0, 0.1) is 5.92 Å². The van der Waals surface area contributed by atoms with Gasteiger partial charge < -0.3 is 9.78 Å². The van der Waals surface area contributed by atoms with Crippen LogP contribution >= 0.6 is 0 Å². The van der Waals surface area contributed by atoms with Gasteiger partial charge in [-0.1, -0.05) is 0 Å². The van der Waals surface area contributed by atoms with E-state index < -0.39 is 21.8 Å². The van der Waals surface area contributed by atoms with Crippen LogP contribution in [0.25, 0.3) is 0 Å². The van der Waals surface area contributed by atoms with Gasteiger partial charge in [-0.2, -0.15) is 8.42 Å². The number of hydrogen-bond acceptors (Lipinski definition) is 5. The molecule has 2 N–H and O–H groups in total. The molecule has 0 aliphatic heterocycles. The molecule has 8 heteroatoms. The van der Waals surface area contributed by atoms with E-state index >= 15 is 0 Å². The van der Waals surface area contributed by atoms with Gasteiger partial charge in [-0.25, -0.2) is 4.98 Å². The number of Topliss-reactive ketones (excluding diaryl/α,β-unsaturated/α-hetero) is 2. The molecule has 20 heavy (non-hydrogen) atoms. The zero-order valence-electron chi connectivity index (χ0n) is 11.2. The highest BCUT2D eigenvalue weighted by Crippen LogP contribution is 2.15. The summed E-state index contributed by atoms with van der Waals surface area (Å²) in [6.45, 7) is 1.41. The van der Waals surface area contributed by atoms with E-state index in [1.807, 2.05) is 0 Å². The largest absolute Gasteiger partial charge is 0.348 e. The molecule has 0 fully saturated rings. The van der Waals surface area contributed by atoms with Crippen molar-refractivity contribution in [1.82, 2.24) is 9.97 Å². The maximum absolute atomic E-state index is 12.0. The summed E-state index contributed by atoms with van der Waals surface area (Å²) in [7, 11) is -4.05. The number of nitrogens with one attached hydrogen (secondary N) is 1. The molecule has 1 aromatic rings. The highest BCUT2D eigenvalue weighted by atomic mass is 32.2. The van der Waals surface area contributed by atoms with Gasteiger partial charge in [0, 0.05) is 30.7 Å². The first-order chi connectivity index (χ1) is 9.28. The van der Waals surface area contributed by atoms with Crippen LogP contribution in [0.3, 0.4) is 0 Å². The molecule has 0 saturated heterocycles. The number of imidazole rings is 1. The molecule has 0 amide bonds. The lowest BCUT2D eigenvalue weighted by Crippen LogP contribution is -2.21. The first-order valence-corrected chi connectivity index (χ1v) is 7.83. The number of rotatable bonds is 9. The molecule has 0 radical (unpaired) electrons. The molecule has 0 aromatic carbocycles. The van der Waals surface area contributed by atoms with Crippen LogP contribution in [0.4, 0.5) is 0 Å². The molecule has 0 saturated carbocycles. The molecule has 1 unspecified atom stereocenters. The maximum atomic E-state index is 12.0. The highest BCUT2D eigenvalue weighted by molar-refractivity contribution is 7.85. The van der Waals surface area contributed by atoms with Crippen molar-refractivity contribution in [2.75, 3.05) is 5.75 Å².